The number of aliphatic hydroxyl groups excluding tert-OH is 1. The number of benzene rings is 2. The van der Waals surface area contributed by atoms with E-state index in [0.29, 0.717) is 6.54 Å². The Morgan fingerprint density at radius 3 is 2.26 bits per heavy atom. The van der Waals surface area contributed by atoms with Crippen molar-refractivity contribution >= 4 is 18.0 Å². The maximum atomic E-state index is 13.2. The second kappa shape index (κ2) is 10.5. The molecule has 2 amide bonds. The normalized spacial score (nSPS) is 19.8. The average Bonchev–Trinajstić information content (AvgIpc) is 3.38. The molecule has 1 aliphatic carbocycles. The van der Waals surface area contributed by atoms with Crippen LogP contribution >= 0.6 is 0 Å². The first-order valence-corrected chi connectivity index (χ1v) is 11.7. The molecular weight excluding hydrogens is 450 g/mol. The van der Waals surface area contributed by atoms with Gasteiger partial charge in [-0.3, -0.25) is 4.79 Å². The van der Waals surface area contributed by atoms with Gasteiger partial charge in [-0.15, -0.1) is 0 Å². The minimum absolute atomic E-state index is 0.0353. The molecule has 2 aromatic rings. The third kappa shape index (κ3) is 5.31. The van der Waals surface area contributed by atoms with Gasteiger partial charge < -0.3 is 30.1 Å². The quantitative estimate of drug-likeness (QED) is 0.527. The van der Waals surface area contributed by atoms with Crippen molar-refractivity contribution < 1.29 is 29.3 Å². The van der Waals surface area contributed by atoms with Gasteiger partial charge in [0.05, 0.1) is 6.10 Å². The Morgan fingerprint density at radius 2 is 1.69 bits per heavy atom. The van der Waals surface area contributed by atoms with Crippen LogP contribution in [0.4, 0.5) is 4.79 Å². The minimum atomic E-state index is -1.18. The number of fused-ring (bicyclic) bond motifs is 3. The molecular formula is C26H31N3O6. The van der Waals surface area contributed by atoms with Gasteiger partial charge in [0.25, 0.3) is 0 Å². The fourth-order valence-corrected chi connectivity index (χ4v) is 4.92. The lowest BCUT2D eigenvalue weighted by molar-refractivity contribution is -0.149. The Balaban J connectivity index is 1.45. The van der Waals surface area contributed by atoms with Crippen LogP contribution < -0.4 is 5.32 Å². The monoisotopic (exact) mass is 481 g/mol. The van der Waals surface area contributed by atoms with Gasteiger partial charge in [-0.1, -0.05) is 48.5 Å². The minimum Gasteiger partial charge on any atom is -0.480 e. The molecule has 9 heteroatoms. The number of hydrogen-bond acceptors (Lipinski definition) is 6. The van der Waals surface area contributed by atoms with Gasteiger partial charge in [0.15, 0.2) is 0 Å². The lowest BCUT2D eigenvalue weighted by Crippen LogP contribution is -2.52. The maximum Gasteiger partial charge on any atom is 0.407 e. The zero-order chi connectivity index (χ0) is 25.1. The van der Waals surface area contributed by atoms with Gasteiger partial charge in [0.2, 0.25) is 5.91 Å². The van der Waals surface area contributed by atoms with Crippen molar-refractivity contribution in [2.24, 2.45) is 0 Å². The summed E-state index contributed by atoms with van der Waals surface area (Å²) in [5.41, 5.74) is 4.39. The number of nitrogens with one attached hydrogen (secondary N) is 1. The Bertz CT molecular complexity index is 1060. The highest BCUT2D eigenvalue weighted by atomic mass is 16.5. The number of β-amino-alcohol motifs (C(OH)–C–C–N with tert-alkyl or cyclic N) is 1. The van der Waals surface area contributed by atoms with E-state index in [0.717, 1.165) is 27.2 Å². The summed E-state index contributed by atoms with van der Waals surface area (Å²) >= 11 is 0. The summed E-state index contributed by atoms with van der Waals surface area (Å²) in [6.45, 7) is 0.517. The number of ether oxygens (including phenoxy) is 1. The van der Waals surface area contributed by atoms with Gasteiger partial charge >= 0.3 is 12.1 Å². The van der Waals surface area contributed by atoms with E-state index in [2.05, 4.69) is 5.32 Å². The van der Waals surface area contributed by atoms with Crippen LogP contribution in [0.25, 0.3) is 11.1 Å². The van der Waals surface area contributed by atoms with Crippen LogP contribution in [0.1, 0.15) is 29.9 Å². The molecule has 1 unspecified atom stereocenters. The molecule has 4 rings (SSSR count). The third-order valence-electron chi connectivity index (χ3n) is 6.65. The summed E-state index contributed by atoms with van der Waals surface area (Å²) in [5.74, 6) is -1.83. The van der Waals surface area contributed by atoms with E-state index in [1.54, 1.807) is 0 Å². The van der Waals surface area contributed by atoms with E-state index in [1.165, 1.54) is 0 Å². The molecule has 1 heterocycles. The molecule has 35 heavy (non-hydrogen) atoms. The van der Waals surface area contributed by atoms with Gasteiger partial charge in [-0.05, 0) is 49.3 Å². The summed E-state index contributed by atoms with van der Waals surface area (Å²) < 4.78 is 5.59. The van der Waals surface area contributed by atoms with E-state index in [9.17, 15) is 24.6 Å². The number of amides is 2. The SMILES string of the molecule is CN(C)CCC(NC(=O)OCC1c2ccccc2-c2ccccc21)C(=O)N1C[C@H](O)C[C@H]1C(=O)O. The Morgan fingerprint density at radius 1 is 1.09 bits per heavy atom. The van der Waals surface area contributed by atoms with Crippen molar-refractivity contribution in [2.75, 3.05) is 33.8 Å². The standard InChI is InChI=1S/C26H31N3O6/c1-28(2)12-11-22(24(31)29-14-16(30)13-23(29)25(32)33)27-26(34)35-15-21-19-9-5-3-7-17(19)18-8-4-6-10-20(18)21/h3-10,16,21-23,30H,11-15H2,1-2H3,(H,27,34)(H,32,33)/t16-,22?,23+/m1/s1. The van der Waals surface area contributed by atoms with Gasteiger partial charge in [0, 0.05) is 18.9 Å². The van der Waals surface area contributed by atoms with E-state index in [1.807, 2.05) is 67.5 Å². The second-order valence-electron chi connectivity index (χ2n) is 9.35. The third-order valence-corrected chi connectivity index (χ3v) is 6.65. The lowest BCUT2D eigenvalue weighted by Gasteiger charge is -2.28. The first-order valence-electron chi connectivity index (χ1n) is 11.7. The fraction of sp³-hybridized carbons (Fsp3) is 0.423. The topological polar surface area (TPSA) is 119 Å². The van der Waals surface area contributed by atoms with Crippen molar-refractivity contribution in [1.29, 1.82) is 0 Å². The molecule has 0 aromatic heterocycles. The van der Waals surface area contributed by atoms with Crippen LogP contribution in [-0.4, -0.2) is 90.0 Å². The van der Waals surface area contributed by atoms with Crippen LogP contribution in [-0.2, 0) is 14.3 Å². The first kappa shape index (κ1) is 24.7. The number of carbonyl (C=O) groups excluding carboxylic acids is 2. The van der Waals surface area contributed by atoms with Crippen LogP contribution in [0.2, 0.25) is 0 Å². The number of alkyl carbamates (subject to hydrolysis) is 1. The molecule has 1 aliphatic heterocycles. The summed E-state index contributed by atoms with van der Waals surface area (Å²) in [6.07, 6.45) is -1.42. The molecule has 9 nitrogen and oxygen atoms in total. The zero-order valence-corrected chi connectivity index (χ0v) is 19.9. The number of hydrogen-bond donors (Lipinski definition) is 3. The number of carbonyl (C=O) groups is 3. The molecule has 1 saturated heterocycles. The van der Waals surface area contributed by atoms with Crippen LogP contribution in [0.3, 0.4) is 0 Å². The molecule has 0 bridgehead atoms. The van der Waals surface area contributed by atoms with Gasteiger partial charge in [-0.25, -0.2) is 9.59 Å². The predicted octanol–water partition coefficient (Wildman–Crippen LogP) is 1.89. The fourth-order valence-electron chi connectivity index (χ4n) is 4.92. The molecule has 1 fully saturated rings. The number of carboxylic acids is 1. The number of aliphatic hydroxyl groups is 1. The van der Waals surface area contributed by atoms with Crippen LogP contribution in [0.15, 0.2) is 48.5 Å². The first-order chi connectivity index (χ1) is 16.8. The number of nitrogens with zero attached hydrogens (tertiary/aromatic N) is 2. The van der Waals surface area contributed by atoms with Crippen LogP contribution in [0.5, 0.6) is 0 Å². The van der Waals surface area contributed by atoms with Crippen molar-refractivity contribution in [2.45, 2.75) is 36.9 Å². The molecule has 0 radical (unpaired) electrons. The van der Waals surface area contributed by atoms with Crippen LogP contribution in [0, 0.1) is 0 Å². The Hall–Kier alpha value is -3.43. The zero-order valence-electron chi connectivity index (χ0n) is 19.9. The number of likely N-dealkylation sites (tertiary alicyclic amines) is 1. The average molecular weight is 482 g/mol. The summed E-state index contributed by atoms with van der Waals surface area (Å²) in [5, 5.41) is 22.1. The van der Waals surface area contributed by atoms with Gasteiger partial charge in [-0.2, -0.15) is 0 Å². The predicted molar refractivity (Wildman–Crippen MR) is 129 cm³/mol. The Labute approximate surface area is 204 Å². The highest BCUT2D eigenvalue weighted by molar-refractivity contribution is 5.90. The highest BCUT2D eigenvalue weighted by Gasteiger charge is 2.41. The molecule has 3 atom stereocenters. The molecule has 186 valence electrons. The second-order valence-corrected chi connectivity index (χ2v) is 9.35. The summed E-state index contributed by atoms with van der Waals surface area (Å²) in [6, 6.07) is 13.9. The molecule has 3 N–H and O–H groups in total. The Kier molecular flexibility index (Phi) is 7.37. The lowest BCUT2D eigenvalue weighted by atomic mass is 9.98. The van der Waals surface area contributed by atoms with E-state index >= 15 is 0 Å². The van der Waals surface area contributed by atoms with Crippen molar-refractivity contribution in [3.8, 4) is 11.1 Å². The van der Waals surface area contributed by atoms with E-state index in [-0.39, 0.29) is 31.9 Å². The highest BCUT2D eigenvalue weighted by Crippen LogP contribution is 2.44. The molecule has 0 spiro atoms. The maximum absolute atomic E-state index is 13.2. The van der Waals surface area contributed by atoms with E-state index in [4.69, 9.17) is 4.74 Å². The largest absolute Gasteiger partial charge is 0.480 e. The molecule has 0 saturated carbocycles. The number of aliphatic carboxylic acids is 1. The summed E-state index contributed by atoms with van der Waals surface area (Å²) in [4.78, 5) is 40.6. The van der Waals surface area contributed by atoms with Crippen molar-refractivity contribution in [3.63, 3.8) is 0 Å². The van der Waals surface area contributed by atoms with Gasteiger partial charge in [0.1, 0.15) is 18.7 Å². The molecule has 2 aliphatic rings. The van der Waals surface area contributed by atoms with Crippen molar-refractivity contribution in [3.05, 3.63) is 59.7 Å². The molecule has 2 aromatic carbocycles. The number of rotatable bonds is 8. The summed E-state index contributed by atoms with van der Waals surface area (Å²) in [7, 11) is 3.68. The smallest absolute Gasteiger partial charge is 0.407 e. The van der Waals surface area contributed by atoms with Crippen molar-refractivity contribution in [1.82, 2.24) is 15.1 Å². The number of carboxylic acid groups (broad SMARTS) is 1. The van der Waals surface area contributed by atoms with E-state index < -0.39 is 36.2 Å².